The molecule has 3 aliphatic heterocycles. The van der Waals surface area contributed by atoms with Gasteiger partial charge in [-0.15, -0.1) is 0 Å². The molecule has 1 saturated heterocycles. The van der Waals surface area contributed by atoms with E-state index < -0.39 is 119 Å². The normalized spacial score (nSPS) is 18.2. The van der Waals surface area contributed by atoms with E-state index in [1.807, 2.05) is 5.32 Å². The summed E-state index contributed by atoms with van der Waals surface area (Å²) in [4.78, 5) is 139. The molecular formula is C68H88F3N9O21. The number of cyclic esters (lactones) is 1. The summed E-state index contributed by atoms with van der Waals surface area (Å²) in [5, 5.41) is 26.7. The standard InChI is InChI=1S/C68H88F3N9O21/c1-8-68(91)47-34-51-56-45(36-80(51)62(87)46(47)37-100-65(68)89)55-49(14-13-44-39(3)48(69)35-50(76-56)54(44)55)77-64(88)67(6,63(70)71)78-66(90)101-57(60(85)72-16-18-93-21-22-95-25-26-97-29-30-99-32-31-98-28-27-96-24-23-94-20-19-92-7)42-9-11-43(12-10-42)75-59(84)41(5)74-58(83)40(4)73-52(81)15-17-79-53(82)33-38(2)61(79)86/h9-12,34-35,38,40-41,49,57,63,91H,8,13-33,36-37H2,1-7H3,(H,72,85)(H,73,81)(H,74,83)(H,75,84)(H,77,88)(H,78,90)/t38?,40-,41-,49-,57?,67?,68-/m0/s1. The zero-order valence-electron chi connectivity index (χ0n) is 57.5. The second-order valence-corrected chi connectivity index (χ2v) is 24.7. The van der Waals surface area contributed by atoms with Gasteiger partial charge in [-0.3, -0.25) is 43.3 Å². The molecule has 0 bridgehead atoms. The summed E-state index contributed by atoms with van der Waals surface area (Å²) >= 11 is 0. The zero-order chi connectivity index (χ0) is 73.1. The number of imide groups is 1. The van der Waals surface area contributed by atoms with Crippen LogP contribution in [0.4, 0.5) is 23.7 Å². The number of alkyl halides is 2. The van der Waals surface area contributed by atoms with E-state index in [2.05, 4.69) is 26.6 Å². The average Bonchev–Trinajstić information content (AvgIpc) is 1.60. The van der Waals surface area contributed by atoms with Crippen molar-refractivity contribution >= 4 is 70.0 Å². The number of carbonyl (C=O) groups excluding carboxylic acids is 9. The highest BCUT2D eigenvalue weighted by molar-refractivity contribution is 6.04. The average molecular weight is 1420 g/mol. The van der Waals surface area contributed by atoms with E-state index in [9.17, 15) is 53.1 Å². The number of ether oxygens (including phenoxy) is 10. The summed E-state index contributed by atoms with van der Waals surface area (Å²) in [5.74, 6) is -7.32. The van der Waals surface area contributed by atoms with Gasteiger partial charge in [0.1, 0.15) is 24.5 Å². The van der Waals surface area contributed by atoms with Crippen molar-refractivity contribution in [2.24, 2.45) is 5.92 Å². The molecule has 1 aliphatic carbocycles. The van der Waals surface area contributed by atoms with E-state index in [0.717, 1.165) is 11.8 Å². The highest BCUT2D eigenvalue weighted by Gasteiger charge is 2.49. The minimum atomic E-state index is -3.63. The third-order valence-electron chi connectivity index (χ3n) is 17.7. The molecule has 30 nitrogen and oxygen atoms in total. The quantitative estimate of drug-likeness (QED) is 0.0168. The first-order chi connectivity index (χ1) is 48.3. The number of fused-ring (bicyclic) bond motifs is 5. The van der Waals surface area contributed by atoms with Crippen molar-refractivity contribution < 1.29 is 109 Å². The molecule has 5 heterocycles. The molecule has 8 amide bonds. The monoisotopic (exact) mass is 1420 g/mol. The van der Waals surface area contributed by atoms with Crippen molar-refractivity contribution in [3.8, 4) is 11.4 Å². The van der Waals surface area contributed by atoms with Crippen LogP contribution in [0.5, 0.6) is 0 Å². The molecule has 8 rings (SSSR count). The maximum absolute atomic E-state index is 15.7. The summed E-state index contributed by atoms with van der Waals surface area (Å²) in [6.45, 7) is 12.2. The number of carbonyl (C=O) groups is 9. The summed E-state index contributed by atoms with van der Waals surface area (Å²) < 4.78 is 102. The molecule has 2 aromatic heterocycles. The molecule has 33 heteroatoms. The molecule has 4 aliphatic rings. The number of aliphatic hydroxyl groups is 1. The molecule has 7 atom stereocenters. The van der Waals surface area contributed by atoms with Crippen LogP contribution in [0.1, 0.15) is 111 Å². The number of pyridine rings is 2. The van der Waals surface area contributed by atoms with Gasteiger partial charge in [0.25, 0.3) is 23.8 Å². The number of methoxy groups -OCH3 is 1. The molecule has 1 fully saturated rings. The Bertz CT molecular complexity index is 3730. The number of nitrogens with zero attached hydrogens (tertiary/aromatic N) is 3. The van der Waals surface area contributed by atoms with Crippen LogP contribution in [0.3, 0.4) is 0 Å². The number of likely N-dealkylation sites (tertiary alicyclic amines) is 1. The Hall–Kier alpha value is -8.54. The first-order valence-electron chi connectivity index (χ1n) is 33.4. The molecule has 0 radical (unpaired) electrons. The van der Waals surface area contributed by atoms with Crippen LogP contribution in [0.2, 0.25) is 0 Å². The fourth-order valence-electron chi connectivity index (χ4n) is 11.8. The summed E-state index contributed by atoms with van der Waals surface area (Å²) in [6, 6.07) is 4.37. The van der Waals surface area contributed by atoms with Crippen LogP contribution < -0.4 is 37.5 Å². The van der Waals surface area contributed by atoms with Gasteiger partial charge in [0.15, 0.2) is 11.1 Å². The molecule has 7 N–H and O–H groups in total. The SMILES string of the molecule is CC[C@@]1(O)C(=O)OCc2c1cc1n(c2=O)Cc2c-1nc1cc(F)c(C)c3c1c2[C@@H](NC(=O)C(C)(NC(=O)OC(C(=O)NCCOCCOCCOCCOCCOCCOCCOCCOC)c1ccc(NC(=O)[C@H](C)NC(=O)[C@H](C)NC(=O)CCN2C(=O)CC(C)C2=O)cc1)C(F)F)CC3. The zero-order valence-corrected chi connectivity index (χ0v) is 57.5. The van der Waals surface area contributed by atoms with Gasteiger partial charge in [0.2, 0.25) is 35.6 Å². The van der Waals surface area contributed by atoms with Crippen LogP contribution in [0.15, 0.2) is 41.2 Å². The number of halogens is 3. The number of benzene rings is 2. The van der Waals surface area contributed by atoms with E-state index in [-0.39, 0.29) is 130 Å². The number of esters is 1. The first-order valence-corrected chi connectivity index (χ1v) is 33.4. The number of aryl methyl sites for hydroxylation is 1. The molecular weight excluding hydrogens is 1340 g/mol. The number of rotatable bonds is 40. The van der Waals surface area contributed by atoms with E-state index in [1.54, 1.807) is 21.0 Å². The first kappa shape index (κ1) is 78.2. The lowest BCUT2D eigenvalue weighted by Crippen LogP contribution is -2.62. The maximum atomic E-state index is 15.7. The number of aromatic nitrogens is 2. The van der Waals surface area contributed by atoms with Crippen molar-refractivity contribution in [1.29, 1.82) is 0 Å². The number of amides is 8. The van der Waals surface area contributed by atoms with Crippen LogP contribution in [0.25, 0.3) is 22.3 Å². The van der Waals surface area contributed by atoms with Gasteiger partial charge in [0, 0.05) is 72.8 Å². The number of hydrogen-bond acceptors (Lipinski definition) is 22. The Morgan fingerprint density at radius 3 is 1.93 bits per heavy atom. The fourth-order valence-corrected chi connectivity index (χ4v) is 11.8. The van der Waals surface area contributed by atoms with Crippen molar-refractivity contribution in [2.45, 2.75) is 129 Å². The molecule has 2 aromatic carbocycles. The Balaban J connectivity index is 0.883. The summed E-state index contributed by atoms with van der Waals surface area (Å²) in [7, 11) is 1.60. The Morgan fingerprint density at radius 2 is 1.37 bits per heavy atom. The second-order valence-electron chi connectivity index (χ2n) is 24.7. The Kier molecular flexibility index (Phi) is 28.2. The molecule has 101 heavy (non-hydrogen) atoms. The highest BCUT2D eigenvalue weighted by atomic mass is 19.3. The summed E-state index contributed by atoms with van der Waals surface area (Å²) in [6.07, 6.45) is -7.40. The largest absolute Gasteiger partial charge is 0.458 e. The number of anilines is 1. The number of alkyl carbamates (subject to hydrolysis) is 1. The van der Waals surface area contributed by atoms with Gasteiger partial charge in [-0.2, -0.15) is 0 Å². The predicted octanol–water partition coefficient (Wildman–Crippen LogP) is 2.73. The van der Waals surface area contributed by atoms with Crippen molar-refractivity contribution in [3.05, 3.63) is 91.5 Å². The van der Waals surface area contributed by atoms with E-state index in [1.165, 1.54) is 61.7 Å². The topological polar surface area (TPSA) is 376 Å². The third-order valence-corrected chi connectivity index (χ3v) is 17.7. The van der Waals surface area contributed by atoms with Crippen LogP contribution in [0, 0.1) is 18.7 Å². The maximum Gasteiger partial charge on any atom is 0.409 e. The molecule has 4 aromatic rings. The highest BCUT2D eigenvalue weighted by Crippen LogP contribution is 2.46. The van der Waals surface area contributed by atoms with E-state index in [0.29, 0.717) is 88.1 Å². The minimum Gasteiger partial charge on any atom is -0.458 e. The third kappa shape index (κ3) is 19.4. The van der Waals surface area contributed by atoms with Crippen LogP contribution >= 0.6 is 0 Å². The number of hydrogen-bond donors (Lipinski definition) is 7. The lowest BCUT2D eigenvalue weighted by Gasteiger charge is -2.34. The van der Waals surface area contributed by atoms with Gasteiger partial charge in [-0.05, 0) is 81.8 Å². The van der Waals surface area contributed by atoms with Crippen molar-refractivity contribution in [3.63, 3.8) is 0 Å². The smallest absolute Gasteiger partial charge is 0.409 e. The molecule has 0 saturated carbocycles. The molecule has 0 spiro atoms. The van der Waals surface area contributed by atoms with Crippen LogP contribution in [-0.4, -0.2) is 216 Å². The summed E-state index contributed by atoms with van der Waals surface area (Å²) in [5.41, 5.74) is -3.85. The van der Waals surface area contributed by atoms with Gasteiger partial charge < -0.3 is 88.9 Å². The van der Waals surface area contributed by atoms with E-state index in [4.69, 9.17) is 52.4 Å². The van der Waals surface area contributed by atoms with Crippen molar-refractivity contribution in [2.75, 3.05) is 125 Å². The Morgan fingerprint density at radius 1 is 0.782 bits per heavy atom. The lowest BCUT2D eigenvalue weighted by molar-refractivity contribution is -0.172. The lowest BCUT2D eigenvalue weighted by atomic mass is 9.81. The van der Waals surface area contributed by atoms with Gasteiger partial charge in [0.05, 0.1) is 134 Å². The van der Waals surface area contributed by atoms with E-state index >= 15 is 13.2 Å². The van der Waals surface area contributed by atoms with Gasteiger partial charge in [-0.25, -0.2) is 27.7 Å². The van der Waals surface area contributed by atoms with Gasteiger partial charge in [-0.1, -0.05) is 26.0 Å². The van der Waals surface area contributed by atoms with Crippen molar-refractivity contribution in [1.82, 2.24) is 41.0 Å². The van der Waals surface area contributed by atoms with Gasteiger partial charge >= 0.3 is 12.1 Å². The Labute approximate surface area is 579 Å². The molecule has 3 unspecified atom stereocenters. The minimum absolute atomic E-state index is 0.00893. The van der Waals surface area contributed by atoms with Crippen LogP contribution in [-0.2, 0) is 111 Å². The molecule has 552 valence electrons. The second kappa shape index (κ2) is 36.4. The predicted molar refractivity (Wildman–Crippen MR) is 351 cm³/mol. The number of nitrogens with one attached hydrogen (secondary N) is 6. The fraction of sp³-hybridized carbons (Fsp3) is 0.574.